The van der Waals surface area contributed by atoms with Gasteiger partial charge < -0.3 is 15.0 Å². The number of nitrogens with one attached hydrogen (secondary N) is 1. The second-order valence-electron chi connectivity index (χ2n) is 5.31. The van der Waals surface area contributed by atoms with E-state index in [0.29, 0.717) is 13.2 Å². The predicted molar refractivity (Wildman–Crippen MR) is 86.5 cm³/mol. The molecule has 116 valence electrons. The minimum absolute atomic E-state index is 0.201. The molecule has 1 aromatic heterocycles. The molecule has 21 heavy (non-hydrogen) atoms. The Kier molecular flexibility index (Phi) is 5.85. The fraction of sp³-hybridized carbons (Fsp3) is 0.600. The van der Waals surface area contributed by atoms with Crippen LogP contribution in [0.4, 0.5) is 10.6 Å². The minimum atomic E-state index is -0.201. The number of carbonyl (C=O) groups excluding carboxylic acids is 1. The number of ether oxygens (including phenoxy) is 1. The molecule has 0 saturated carbocycles. The maximum atomic E-state index is 11.9. The zero-order chi connectivity index (χ0) is 15.2. The molecule has 1 aromatic rings. The first-order valence-electron chi connectivity index (χ1n) is 7.41. The van der Waals surface area contributed by atoms with Crippen LogP contribution >= 0.6 is 15.9 Å². The van der Waals surface area contributed by atoms with E-state index >= 15 is 0 Å². The number of carbonyl (C=O) groups is 1. The van der Waals surface area contributed by atoms with E-state index in [2.05, 4.69) is 33.2 Å². The number of amides is 1. The van der Waals surface area contributed by atoms with Crippen molar-refractivity contribution in [1.29, 1.82) is 0 Å². The van der Waals surface area contributed by atoms with E-state index in [1.54, 1.807) is 4.90 Å². The number of nitrogens with zero attached hydrogens (tertiary/aromatic N) is 2. The molecular weight excluding hydrogens is 334 g/mol. The van der Waals surface area contributed by atoms with E-state index in [0.717, 1.165) is 41.8 Å². The summed E-state index contributed by atoms with van der Waals surface area (Å²) in [6, 6.07) is 4.16. The van der Waals surface area contributed by atoms with Crippen LogP contribution in [0.25, 0.3) is 0 Å². The SMILES string of the molecule is CCCCOC(=O)N1CC[C@H](Nc2ccc(Br)c(C)n2)C1. The number of hydrogen-bond acceptors (Lipinski definition) is 4. The van der Waals surface area contributed by atoms with E-state index in [9.17, 15) is 4.79 Å². The van der Waals surface area contributed by atoms with Crippen molar-refractivity contribution in [3.05, 3.63) is 22.3 Å². The molecule has 2 rings (SSSR count). The van der Waals surface area contributed by atoms with Crippen LogP contribution in [0, 0.1) is 6.92 Å². The van der Waals surface area contributed by atoms with Crippen molar-refractivity contribution in [3.63, 3.8) is 0 Å². The minimum Gasteiger partial charge on any atom is -0.449 e. The van der Waals surface area contributed by atoms with Gasteiger partial charge in [0.2, 0.25) is 0 Å². The molecule has 0 aromatic carbocycles. The molecule has 6 heteroatoms. The maximum absolute atomic E-state index is 11.9. The standard InChI is InChI=1S/C15H22BrN3O2/c1-3-4-9-21-15(20)19-8-7-12(10-19)18-14-6-5-13(16)11(2)17-14/h5-6,12H,3-4,7-10H2,1-2H3,(H,17,18)/t12-/m0/s1. The molecule has 1 atom stereocenters. The lowest BCUT2D eigenvalue weighted by atomic mass is 10.2. The molecule has 2 heterocycles. The Labute approximate surface area is 134 Å². The third-order valence-electron chi connectivity index (χ3n) is 3.54. The lowest BCUT2D eigenvalue weighted by molar-refractivity contribution is 0.109. The predicted octanol–water partition coefficient (Wildman–Crippen LogP) is 3.58. The number of likely N-dealkylation sites (tertiary alicyclic amines) is 1. The summed E-state index contributed by atoms with van der Waals surface area (Å²) in [4.78, 5) is 18.1. The number of hydrogen-bond donors (Lipinski definition) is 1. The van der Waals surface area contributed by atoms with Crippen LogP contribution in [-0.4, -0.2) is 41.7 Å². The third kappa shape index (κ3) is 4.59. The van der Waals surface area contributed by atoms with Crippen LogP contribution in [0.2, 0.25) is 0 Å². The summed E-state index contributed by atoms with van der Waals surface area (Å²) in [5, 5.41) is 3.38. The van der Waals surface area contributed by atoms with E-state index in [4.69, 9.17) is 4.74 Å². The van der Waals surface area contributed by atoms with E-state index in [1.807, 2.05) is 19.1 Å². The van der Waals surface area contributed by atoms with Gasteiger partial charge in [-0.3, -0.25) is 0 Å². The number of halogens is 1. The monoisotopic (exact) mass is 355 g/mol. The number of aryl methyl sites for hydroxylation is 1. The van der Waals surface area contributed by atoms with Gasteiger partial charge in [-0.1, -0.05) is 13.3 Å². The molecule has 1 saturated heterocycles. The second kappa shape index (κ2) is 7.64. The van der Waals surface area contributed by atoms with Gasteiger partial charge in [-0.2, -0.15) is 0 Å². The summed E-state index contributed by atoms with van der Waals surface area (Å²) in [5.41, 5.74) is 0.953. The van der Waals surface area contributed by atoms with Crippen LogP contribution in [0.1, 0.15) is 31.9 Å². The molecule has 5 nitrogen and oxygen atoms in total. The lowest BCUT2D eigenvalue weighted by Crippen LogP contribution is -2.32. The number of pyridine rings is 1. The number of anilines is 1. The molecule has 0 unspecified atom stereocenters. The summed E-state index contributed by atoms with van der Waals surface area (Å²) in [7, 11) is 0. The molecule has 1 N–H and O–H groups in total. The van der Waals surface area contributed by atoms with E-state index in [-0.39, 0.29) is 12.1 Å². The average molecular weight is 356 g/mol. The zero-order valence-electron chi connectivity index (χ0n) is 12.6. The van der Waals surface area contributed by atoms with Gasteiger partial charge in [-0.15, -0.1) is 0 Å². The first-order valence-corrected chi connectivity index (χ1v) is 8.21. The highest BCUT2D eigenvalue weighted by molar-refractivity contribution is 9.10. The molecule has 1 aliphatic rings. The summed E-state index contributed by atoms with van der Waals surface area (Å²) in [5.74, 6) is 0.849. The molecule has 0 aliphatic carbocycles. The van der Waals surface area contributed by atoms with Crippen LogP contribution in [0.15, 0.2) is 16.6 Å². The second-order valence-corrected chi connectivity index (χ2v) is 6.16. The largest absolute Gasteiger partial charge is 0.449 e. The van der Waals surface area contributed by atoms with Crippen molar-refractivity contribution in [1.82, 2.24) is 9.88 Å². The van der Waals surface area contributed by atoms with Crippen molar-refractivity contribution in [2.45, 2.75) is 39.2 Å². The van der Waals surface area contributed by atoms with E-state index in [1.165, 1.54) is 0 Å². The normalized spacial score (nSPS) is 17.9. The molecular formula is C15H22BrN3O2. The van der Waals surface area contributed by atoms with Crippen LogP contribution in [0.5, 0.6) is 0 Å². The van der Waals surface area contributed by atoms with Crippen molar-refractivity contribution in [3.8, 4) is 0 Å². The van der Waals surface area contributed by atoms with Crippen LogP contribution in [0.3, 0.4) is 0 Å². The number of unbranched alkanes of at least 4 members (excludes halogenated alkanes) is 1. The zero-order valence-corrected chi connectivity index (χ0v) is 14.1. The number of rotatable bonds is 5. The van der Waals surface area contributed by atoms with E-state index < -0.39 is 0 Å². The van der Waals surface area contributed by atoms with Gasteiger partial charge in [0.05, 0.1) is 12.3 Å². The highest BCUT2D eigenvalue weighted by Gasteiger charge is 2.27. The molecule has 1 fully saturated rings. The third-order valence-corrected chi connectivity index (χ3v) is 4.38. The summed E-state index contributed by atoms with van der Waals surface area (Å²) >= 11 is 3.44. The summed E-state index contributed by atoms with van der Waals surface area (Å²) in [6.07, 6.45) is 2.67. The Morgan fingerprint density at radius 3 is 3.10 bits per heavy atom. The topological polar surface area (TPSA) is 54.5 Å². The molecule has 0 spiro atoms. The first-order chi connectivity index (χ1) is 10.1. The van der Waals surface area contributed by atoms with Gasteiger partial charge in [-0.05, 0) is 47.8 Å². The smallest absolute Gasteiger partial charge is 0.409 e. The Balaban J connectivity index is 1.82. The highest BCUT2D eigenvalue weighted by Crippen LogP contribution is 2.19. The van der Waals surface area contributed by atoms with Crippen molar-refractivity contribution < 1.29 is 9.53 Å². The van der Waals surface area contributed by atoms with Crippen LogP contribution < -0.4 is 5.32 Å². The Hall–Kier alpha value is -1.30. The lowest BCUT2D eigenvalue weighted by Gasteiger charge is -2.17. The van der Waals surface area contributed by atoms with Gasteiger partial charge in [0, 0.05) is 23.6 Å². The maximum Gasteiger partial charge on any atom is 0.409 e. The quantitative estimate of drug-likeness (QED) is 0.820. The van der Waals surface area contributed by atoms with Gasteiger partial charge in [0.15, 0.2) is 0 Å². The molecule has 0 radical (unpaired) electrons. The van der Waals surface area contributed by atoms with Gasteiger partial charge >= 0.3 is 6.09 Å². The fourth-order valence-corrected chi connectivity index (χ4v) is 2.49. The van der Waals surface area contributed by atoms with Crippen molar-refractivity contribution >= 4 is 27.8 Å². The Bertz CT molecular complexity index is 496. The van der Waals surface area contributed by atoms with Crippen LogP contribution in [-0.2, 0) is 4.74 Å². The van der Waals surface area contributed by atoms with Gasteiger partial charge in [0.25, 0.3) is 0 Å². The molecule has 1 aliphatic heterocycles. The Morgan fingerprint density at radius 2 is 2.38 bits per heavy atom. The van der Waals surface area contributed by atoms with Crippen molar-refractivity contribution in [2.75, 3.05) is 25.0 Å². The molecule has 0 bridgehead atoms. The summed E-state index contributed by atoms with van der Waals surface area (Å²) < 4.78 is 6.24. The van der Waals surface area contributed by atoms with Gasteiger partial charge in [-0.25, -0.2) is 9.78 Å². The Morgan fingerprint density at radius 1 is 1.57 bits per heavy atom. The summed E-state index contributed by atoms with van der Waals surface area (Å²) in [6.45, 7) is 5.95. The average Bonchev–Trinajstić information content (AvgIpc) is 2.92. The highest BCUT2D eigenvalue weighted by atomic mass is 79.9. The van der Waals surface area contributed by atoms with Gasteiger partial charge in [0.1, 0.15) is 5.82 Å². The molecule has 1 amide bonds. The first kappa shape index (κ1) is 16.1. The fourth-order valence-electron chi connectivity index (χ4n) is 2.27. The number of aromatic nitrogens is 1. The van der Waals surface area contributed by atoms with Crippen molar-refractivity contribution in [2.24, 2.45) is 0 Å².